The molecule has 0 fully saturated rings. The number of nitrogens with zero attached hydrogens (tertiary/aromatic N) is 7. The van der Waals surface area contributed by atoms with Crippen LogP contribution in [0.4, 0.5) is 0 Å². The molecule has 0 amide bonds. The van der Waals surface area contributed by atoms with Gasteiger partial charge in [0.25, 0.3) is 0 Å². The van der Waals surface area contributed by atoms with Gasteiger partial charge in [0.1, 0.15) is 0 Å². The van der Waals surface area contributed by atoms with E-state index in [1.54, 1.807) is 25.4 Å². The summed E-state index contributed by atoms with van der Waals surface area (Å²) in [4.78, 5) is 3.78. The molecule has 3 heterocycles. The van der Waals surface area contributed by atoms with Gasteiger partial charge in [-0.25, -0.2) is 15.3 Å². The van der Waals surface area contributed by atoms with Crippen molar-refractivity contribution >= 4 is 36.5 Å². The van der Waals surface area contributed by atoms with Gasteiger partial charge in [0, 0.05) is 30.0 Å². The Morgan fingerprint density at radius 2 is 1.00 bits per heavy atom. The summed E-state index contributed by atoms with van der Waals surface area (Å²) in [6.07, 6.45) is 7.61. The van der Waals surface area contributed by atoms with E-state index in [2.05, 4.69) is 41.4 Å². The molecule has 0 aliphatic carbocycles. The second kappa shape index (κ2) is 18.6. The van der Waals surface area contributed by atoms with Gasteiger partial charge in [-0.15, -0.1) is 29.0 Å². The molecule has 0 spiro atoms. The molecule has 8 nitrogen and oxygen atoms in total. The van der Waals surface area contributed by atoms with Gasteiger partial charge in [0.05, 0.1) is 22.4 Å². The number of hydrogen-bond acceptors (Lipinski definition) is 5. The predicted molar refractivity (Wildman–Crippen MR) is 197 cm³/mol. The van der Waals surface area contributed by atoms with Crippen molar-refractivity contribution in [1.29, 1.82) is 0 Å². The molecule has 0 bridgehead atoms. The number of aryl methyl sites for hydroxylation is 1. The van der Waals surface area contributed by atoms with Crippen molar-refractivity contribution in [1.82, 2.24) is 29.1 Å². The summed E-state index contributed by atoms with van der Waals surface area (Å²) in [5.41, 5.74) is 7.74. The minimum absolute atomic E-state index is 0. The fraction of sp³-hybridized carbons (Fsp3) is 0.0811. The van der Waals surface area contributed by atoms with Crippen LogP contribution < -0.4 is 5.11 Å². The summed E-state index contributed by atoms with van der Waals surface area (Å²) >= 11 is 9.53. The number of hydrogen-bond donors (Lipinski definition) is 0. The van der Waals surface area contributed by atoms with Gasteiger partial charge >= 0.3 is 24.2 Å². The quantitative estimate of drug-likeness (QED) is 0.0965. The third-order valence-electron chi connectivity index (χ3n) is 7.43. The van der Waals surface area contributed by atoms with Gasteiger partial charge < -0.3 is 18.9 Å². The summed E-state index contributed by atoms with van der Waals surface area (Å²) in [5.74, 6) is 0.0289. The summed E-state index contributed by atoms with van der Waals surface area (Å²) in [6.45, 7) is 1.95. The van der Waals surface area contributed by atoms with Crippen molar-refractivity contribution in [2.45, 2.75) is 6.92 Å². The van der Waals surface area contributed by atoms with E-state index < -0.39 is 7.12 Å². The third kappa shape index (κ3) is 9.84. The topological polar surface area (TPSA) is 88.9 Å². The third-order valence-corrected chi connectivity index (χ3v) is 7.43. The Labute approximate surface area is 307 Å². The molecule has 0 saturated heterocycles. The van der Waals surface area contributed by atoms with Gasteiger partial charge in [-0.1, -0.05) is 115 Å². The van der Waals surface area contributed by atoms with E-state index in [9.17, 15) is 5.11 Å². The molecule has 49 heavy (non-hydrogen) atoms. The van der Waals surface area contributed by atoms with Crippen molar-refractivity contribution in [2.75, 3.05) is 12.4 Å². The van der Waals surface area contributed by atoms with E-state index in [-0.39, 0.29) is 28.2 Å². The molecule has 251 valence electrons. The average molecular weight is 738 g/mol. The maximum absolute atomic E-state index is 11.1. The van der Waals surface area contributed by atoms with Crippen LogP contribution in [0, 0.1) is 6.92 Å². The zero-order valence-corrected chi connectivity index (χ0v) is 29.4. The second-order valence-corrected chi connectivity index (χ2v) is 11.6. The standard InChI is InChI=1S/C27H22BN6.C9H11NO.CH2Cl2.Cu/c1-4-10-22(11-5-1)25-16-19-32(29-25)28(33-20-17-26(30-33)23-12-6-2-7-13-23)34-21-18-27(31-34)24-14-8-3-9-15-24;1-7-3-4-9(11)8(5-7)6-10-2;2-1-3;/h1-21,28H;3-6,11H,1-2H3;1H2;/q-1;;;+2/p-1. The molecule has 0 N–H and O–H groups in total. The van der Waals surface area contributed by atoms with Crippen LogP contribution >= 0.6 is 23.2 Å². The molecule has 1 radical (unpaired) electrons. The Morgan fingerprint density at radius 3 is 1.35 bits per heavy atom. The normalized spacial score (nSPS) is 10.6. The van der Waals surface area contributed by atoms with Crippen LogP contribution in [0.15, 0.2) is 151 Å². The zero-order valence-electron chi connectivity index (χ0n) is 26.9. The van der Waals surface area contributed by atoms with Crippen LogP contribution in [0.1, 0.15) is 11.1 Å². The van der Waals surface area contributed by atoms with Crippen molar-refractivity contribution < 1.29 is 22.2 Å². The predicted octanol–water partition coefficient (Wildman–Crippen LogP) is 7.48. The van der Waals surface area contributed by atoms with E-state index in [0.717, 1.165) is 39.3 Å². The molecule has 3 aromatic heterocycles. The average Bonchev–Trinajstić information content (AvgIpc) is 3.92. The number of aromatic nitrogens is 6. The van der Waals surface area contributed by atoms with Gasteiger partial charge in [0.2, 0.25) is 0 Å². The number of rotatable bonds is 7. The fourth-order valence-electron chi connectivity index (χ4n) is 5.20. The van der Waals surface area contributed by atoms with E-state index in [0.29, 0.717) is 5.56 Å². The minimum atomic E-state index is -1.48. The summed E-state index contributed by atoms with van der Waals surface area (Å²) in [5, 5.41) is 26.1. The molecular weight excluding hydrogens is 704 g/mol. The fourth-order valence-corrected chi connectivity index (χ4v) is 5.20. The molecule has 7 rings (SSSR count). The molecular formula is C37H34BCl2CuN7O. The largest absolute Gasteiger partial charge is 2.00 e. The van der Waals surface area contributed by atoms with Crippen LogP contribution in [0.25, 0.3) is 33.8 Å². The SMILES string of the molecule is CN=Cc1cc(C)ccc1[O-].ClCCl.[Cu+2].c1ccc(-c2ccn([BH-](n3ccc(-c4ccccc4)n3)n3ccc(-c4ccccc4)n3)n2)cc1. The van der Waals surface area contributed by atoms with Crippen LogP contribution in [0.2, 0.25) is 0 Å². The first-order valence-electron chi connectivity index (χ1n) is 15.3. The van der Waals surface area contributed by atoms with E-state index in [1.807, 2.05) is 118 Å². The molecule has 12 heteroatoms. The first kappa shape index (κ1) is 37.0. The van der Waals surface area contributed by atoms with Crippen molar-refractivity contribution in [3.05, 3.63) is 157 Å². The van der Waals surface area contributed by atoms with Crippen LogP contribution in [-0.4, -0.2) is 54.8 Å². The summed E-state index contributed by atoms with van der Waals surface area (Å²) < 4.78 is 5.93. The van der Waals surface area contributed by atoms with Crippen LogP contribution in [-0.2, 0) is 17.1 Å². The van der Waals surface area contributed by atoms with Crippen LogP contribution in [0.5, 0.6) is 5.75 Å². The summed E-state index contributed by atoms with van der Waals surface area (Å²) in [6, 6.07) is 41.9. The van der Waals surface area contributed by atoms with Crippen molar-refractivity contribution in [3.8, 4) is 39.5 Å². The smallest absolute Gasteiger partial charge is 0.872 e. The molecule has 7 aromatic rings. The van der Waals surface area contributed by atoms with Gasteiger partial charge in [-0.3, -0.25) is 4.99 Å². The van der Waals surface area contributed by atoms with Crippen molar-refractivity contribution in [2.24, 2.45) is 4.99 Å². The molecule has 0 aliphatic heterocycles. The Bertz CT molecular complexity index is 1850. The first-order valence-corrected chi connectivity index (χ1v) is 16.4. The Kier molecular flexibility index (Phi) is 14.1. The summed E-state index contributed by atoms with van der Waals surface area (Å²) in [7, 11) is 0.176. The minimum Gasteiger partial charge on any atom is -0.872 e. The Morgan fingerprint density at radius 1 is 0.633 bits per heavy atom. The molecule has 0 unspecified atom stereocenters. The van der Waals surface area contributed by atoms with Crippen molar-refractivity contribution in [3.63, 3.8) is 0 Å². The number of alkyl halides is 2. The Balaban J connectivity index is 0.000000305. The van der Waals surface area contributed by atoms with Gasteiger partial charge in [-0.05, 0) is 49.3 Å². The van der Waals surface area contributed by atoms with Crippen LogP contribution in [0.3, 0.4) is 0 Å². The molecule has 4 aromatic carbocycles. The number of benzene rings is 4. The second-order valence-electron chi connectivity index (χ2n) is 10.8. The van der Waals surface area contributed by atoms with E-state index in [1.165, 1.54) is 0 Å². The first-order chi connectivity index (χ1) is 23.5. The van der Waals surface area contributed by atoms with E-state index >= 15 is 0 Å². The molecule has 0 aliphatic rings. The monoisotopic (exact) mass is 736 g/mol. The zero-order chi connectivity index (χ0) is 33.7. The molecule has 0 saturated carbocycles. The van der Waals surface area contributed by atoms with Gasteiger partial charge in [-0.2, -0.15) is 0 Å². The van der Waals surface area contributed by atoms with Gasteiger partial charge in [0.15, 0.2) is 0 Å². The Hall–Kier alpha value is -4.86. The molecule has 0 atom stereocenters. The maximum atomic E-state index is 11.1. The number of aliphatic imine (C=N–C) groups is 1. The van der Waals surface area contributed by atoms with E-state index in [4.69, 9.17) is 38.5 Å². The maximum Gasteiger partial charge on any atom is 2.00 e. The number of halogens is 2.